The lowest BCUT2D eigenvalue weighted by molar-refractivity contribution is -0.137. The Bertz CT molecular complexity index is 859. The van der Waals surface area contributed by atoms with Gasteiger partial charge in [0, 0.05) is 16.8 Å². The Balaban J connectivity index is 1.75. The molecular weight excluding hydrogens is 347 g/mol. The molecule has 26 heavy (non-hydrogen) atoms. The van der Waals surface area contributed by atoms with Crippen molar-refractivity contribution in [3.8, 4) is 5.75 Å². The second kappa shape index (κ2) is 6.49. The van der Waals surface area contributed by atoms with Gasteiger partial charge < -0.3 is 15.2 Å². The molecule has 4 nitrogen and oxygen atoms in total. The van der Waals surface area contributed by atoms with Gasteiger partial charge in [0.15, 0.2) is 0 Å². The Morgan fingerprint density at radius 2 is 1.88 bits per heavy atom. The monoisotopic (exact) mass is 363 g/mol. The number of aliphatic hydroxyl groups excluding tert-OH is 1. The van der Waals surface area contributed by atoms with Crippen molar-refractivity contribution in [3.63, 3.8) is 0 Å². The van der Waals surface area contributed by atoms with E-state index in [9.17, 15) is 23.1 Å². The molecule has 0 aromatic heterocycles. The van der Waals surface area contributed by atoms with Gasteiger partial charge in [-0.1, -0.05) is 6.08 Å². The molecule has 2 aromatic rings. The lowest BCUT2D eigenvalue weighted by Gasteiger charge is -2.29. The van der Waals surface area contributed by atoms with Gasteiger partial charge in [0.1, 0.15) is 11.4 Å². The third-order valence-electron chi connectivity index (χ3n) is 4.01. The van der Waals surface area contributed by atoms with Gasteiger partial charge >= 0.3 is 6.18 Å². The molecule has 7 heteroatoms. The Hall–Kier alpha value is -2.80. The van der Waals surface area contributed by atoms with Crippen LogP contribution in [0.4, 0.5) is 18.9 Å². The summed E-state index contributed by atoms with van der Waals surface area (Å²) in [6.45, 7) is 1.57. The fourth-order valence-electron chi connectivity index (χ4n) is 2.50. The van der Waals surface area contributed by atoms with Crippen molar-refractivity contribution in [1.29, 1.82) is 0 Å². The number of nitrogens with one attached hydrogen (secondary N) is 1. The number of anilines is 1. The zero-order valence-corrected chi connectivity index (χ0v) is 13.8. The molecule has 0 saturated carbocycles. The van der Waals surface area contributed by atoms with Crippen LogP contribution >= 0.6 is 0 Å². The largest absolute Gasteiger partial charge is 0.480 e. The van der Waals surface area contributed by atoms with Gasteiger partial charge in [-0.25, -0.2) is 0 Å². The summed E-state index contributed by atoms with van der Waals surface area (Å²) in [6.07, 6.45) is -0.942. The molecule has 0 radical (unpaired) electrons. The van der Waals surface area contributed by atoms with Gasteiger partial charge in [0.05, 0.1) is 12.2 Å². The van der Waals surface area contributed by atoms with E-state index in [-0.39, 0.29) is 12.2 Å². The maximum Gasteiger partial charge on any atom is 0.416 e. The summed E-state index contributed by atoms with van der Waals surface area (Å²) in [4.78, 5) is 12.2. The van der Waals surface area contributed by atoms with Gasteiger partial charge in [-0.3, -0.25) is 4.79 Å². The lowest BCUT2D eigenvalue weighted by atomic mass is 10.0. The highest BCUT2D eigenvalue weighted by molar-refractivity contribution is 6.04. The molecule has 2 N–H and O–H groups in total. The number of hydrogen-bond acceptors (Lipinski definition) is 3. The fourth-order valence-corrected chi connectivity index (χ4v) is 2.50. The van der Waals surface area contributed by atoms with Crippen molar-refractivity contribution < 1.29 is 27.8 Å². The van der Waals surface area contributed by atoms with Crippen LogP contribution in [-0.4, -0.2) is 23.2 Å². The zero-order chi connectivity index (χ0) is 18.9. The van der Waals surface area contributed by atoms with E-state index in [0.717, 1.165) is 29.8 Å². The van der Waals surface area contributed by atoms with Crippen molar-refractivity contribution in [2.75, 3.05) is 11.9 Å². The highest BCUT2D eigenvalue weighted by Gasteiger charge is 2.30. The highest BCUT2D eigenvalue weighted by atomic mass is 19.4. The topological polar surface area (TPSA) is 58.6 Å². The molecule has 0 fully saturated rings. The summed E-state index contributed by atoms with van der Waals surface area (Å²) in [7, 11) is 0. The molecule has 0 saturated heterocycles. The van der Waals surface area contributed by atoms with Crippen LogP contribution in [0.25, 0.3) is 6.08 Å². The van der Waals surface area contributed by atoms with E-state index in [1.54, 1.807) is 37.3 Å². The number of carbonyl (C=O) groups excluding carboxylic acids is 1. The number of ether oxygens (including phenoxy) is 1. The van der Waals surface area contributed by atoms with Gasteiger partial charge in [0.2, 0.25) is 0 Å². The van der Waals surface area contributed by atoms with E-state index < -0.39 is 23.2 Å². The Morgan fingerprint density at radius 1 is 1.19 bits per heavy atom. The first-order chi connectivity index (χ1) is 12.2. The minimum absolute atomic E-state index is 0.121. The molecule has 0 spiro atoms. The predicted molar refractivity (Wildman–Crippen MR) is 91.0 cm³/mol. The summed E-state index contributed by atoms with van der Waals surface area (Å²) in [5.41, 5.74) is -0.277. The molecule has 1 atom stereocenters. The first-order valence-electron chi connectivity index (χ1n) is 7.82. The molecule has 0 bridgehead atoms. The van der Waals surface area contributed by atoms with Gasteiger partial charge in [0.25, 0.3) is 5.91 Å². The van der Waals surface area contributed by atoms with Crippen molar-refractivity contribution in [3.05, 3.63) is 65.2 Å². The van der Waals surface area contributed by atoms with Crippen LogP contribution < -0.4 is 10.1 Å². The third kappa shape index (κ3) is 3.72. The summed E-state index contributed by atoms with van der Waals surface area (Å²) in [5.74, 6) is 0.0520. The quantitative estimate of drug-likeness (QED) is 0.863. The molecule has 1 unspecified atom stereocenters. The van der Waals surface area contributed by atoms with Crippen LogP contribution in [-0.2, 0) is 6.18 Å². The van der Waals surface area contributed by atoms with E-state index in [0.29, 0.717) is 11.4 Å². The molecule has 1 heterocycles. The Labute approximate surface area is 147 Å². The average Bonchev–Trinajstić information content (AvgIpc) is 2.61. The molecule has 1 aliphatic heterocycles. The second-order valence-electron chi connectivity index (χ2n) is 6.19. The minimum Gasteiger partial charge on any atom is -0.480 e. The standard InChI is InChI=1S/C19H16F3NO3/c1-18(11-24)9-8-13-10-15(6-7-16(13)26-18)23-17(25)12-2-4-14(5-3-12)19(20,21)22/h2-10,24H,11H2,1H3,(H,23,25). The van der Waals surface area contributed by atoms with Gasteiger partial charge in [-0.05, 0) is 55.5 Å². The number of rotatable bonds is 3. The van der Waals surface area contributed by atoms with Crippen molar-refractivity contribution in [1.82, 2.24) is 0 Å². The smallest absolute Gasteiger partial charge is 0.416 e. The number of benzene rings is 2. The van der Waals surface area contributed by atoms with Crippen LogP contribution in [0.15, 0.2) is 48.5 Å². The molecule has 1 amide bonds. The van der Waals surface area contributed by atoms with E-state index in [1.165, 1.54) is 0 Å². The zero-order valence-electron chi connectivity index (χ0n) is 13.8. The molecule has 0 aliphatic carbocycles. The lowest BCUT2D eigenvalue weighted by Crippen LogP contribution is -2.35. The van der Waals surface area contributed by atoms with Gasteiger partial charge in [-0.2, -0.15) is 13.2 Å². The van der Waals surface area contributed by atoms with Crippen LogP contribution in [0.2, 0.25) is 0 Å². The first-order valence-corrected chi connectivity index (χ1v) is 7.82. The maximum atomic E-state index is 12.6. The van der Waals surface area contributed by atoms with Crippen LogP contribution in [0.5, 0.6) is 5.75 Å². The summed E-state index contributed by atoms with van der Waals surface area (Å²) in [5, 5.41) is 12.0. The number of fused-ring (bicyclic) bond motifs is 1. The van der Waals surface area contributed by atoms with Crippen molar-refractivity contribution >= 4 is 17.7 Å². The van der Waals surface area contributed by atoms with Gasteiger partial charge in [-0.15, -0.1) is 0 Å². The summed E-state index contributed by atoms with van der Waals surface area (Å²) < 4.78 is 43.4. The number of aliphatic hydroxyl groups is 1. The normalized spacial score (nSPS) is 18.8. The maximum absolute atomic E-state index is 12.6. The van der Waals surface area contributed by atoms with E-state index >= 15 is 0 Å². The fraction of sp³-hybridized carbons (Fsp3) is 0.211. The van der Waals surface area contributed by atoms with Crippen molar-refractivity contribution in [2.24, 2.45) is 0 Å². The molecular formula is C19H16F3NO3. The third-order valence-corrected chi connectivity index (χ3v) is 4.01. The van der Waals surface area contributed by atoms with E-state index in [1.807, 2.05) is 0 Å². The van der Waals surface area contributed by atoms with Crippen LogP contribution in [0.1, 0.15) is 28.4 Å². The number of hydrogen-bond donors (Lipinski definition) is 2. The first kappa shape index (κ1) is 18.0. The molecule has 136 valence electrons. The molecule has 3 rings (SSSR count). The van der Waals surface area contributed by atoms with Crippen molar-refractivity contribution in [2.45, 2.75) is 18.7 Å². The highest BCUT2D eigenvalue weighted by Crippen LogP contribution is 2.33. The SMILES string of the molecule is CC1(CO)C=Cc2cc(NC(=O)c3ccc(C(F)(F)F)cc3)ccc2O1. The summed E-state index contributed by atoms with van der Waals surface area (Å²) >= 11 is 0. The second-order valence-corrected chi connectivity index (χ2v) is 6.19. The number of amides is 1. The average molecular weight is 363 g/mol. The predicted octanol–water partition coefficient (Wildman–Crippen LogP) is 4.11. The van der Waals surface area contributed by atoms with Crippen LogP contribution in [0, 0.1) is 0 Å². The molecule has 2 aromatic carbocycles. The summed E-state index contributed by atoms with van der Waals surface area (Å²) in [6, 6.07) is 8.97. The number of alkyl halides is 3. The number of halogens is 3. The van der Waals surface area contributed by atoms with E-state index in [4.69, 9.17) is 4.74 Å². The minimum atomic E-state index is -4.44. The van der Waals surface area contributed by atoms with E-state index in [2.05, 4.69) is 5.32 Å². The van der Waals surface area contributed by atoms with Crippen LogP contribution in [0.3, 0.4) is 0 Å². The number of carbonyl (C=O) groups is 1. The Morgan fingerprint density at radius 3 is 2.50 bits per heavy atom. The Kier molecular flexibility index (Phi) is 4.50. The molecule has 1 aliphatic rings.